The lowest BCUT2D eigenvalue weighted by Crippen LogP contribution is -2.40. The van der Waals surface area contributed by atoms with Gasteiger partial charge in [-0.15, -0.1) is 10.2 Å². The number of amides is 1. The average Bonchev–Trinajstić information content (AvgIpc) is 3.26. The van der Waals surface area contributed by atoms with E-state index < -0.39 is 0 Å². The lowest BCUT2D eigenvalue weighted by Gasteiger charge is -2.31. The summed E-state index contributed by atoms with van der Waals surface area (Å²) in [5.74, 6) is 3.38. The number of aryl methyl sites for hydroxylation is 1. The zero-order valence-corrected chi connectivity index (χ0v) is 16.8. The van der Waals surface area contributed by atoms with E-state index in [-0.39, 0.29) is 18.6 Å². The summed E-state index contributed by atoms with van der Waals surface area (Å²) in [4.78, 5) is 18.4. The molecule has 0 aliphatic carbocycles. The minimum atomic E-state index is 0.0761. The predicted octanol–water partition coefficient (Wildman–Crippen LogP) is 1.98. The average molecular weight is 374 g/mol. The summed E-state index contributed by atoms with van der Waals surface area (Å²) >= 11 is 0. The number of hydrogen-bond acceptors (Lipinski definition) is 5. The molecule has 8 heteroatoms. The molecule has 2 aromatic rings. The maximum atomic E-state index is 12.2. The van der Waals surface area contributed by atoms with E-state index in [2.05, 4.69) is 31.2 Å². The second-order valence-electron chi connectivity index (χ2n) is 7.34. The van der Waals surface area contributed by atoms with Crippen molar-refractivity contribution in [2.24, 2.45) is 0 Å². The first-order chi connectivity index (χ1) is 13.0. The van der Waals surface area contributed by atoms with Gasteiger partial charge in [-0.3, -0.25) is 4.79 Å². The number of imidazole rings is 1. The Bertz CT molecular complexity index is 758. The Kier molecular flexibility index (Phi) is 6.26. The first-order valence-electron chi connectivity index (χ1n) is 9.78. The summed E-state index contributed by atoms with van der Waals surface area (Å²) < 4.78 is 9.73. The fourth-order valence-electron chi connectivity index (χ4n) is 3.55. The smallest absolute Gasteiger partial charge is 0.248 e. The van der Waals surface area contributed by atoms with Gasteiger partial charge in [0.1, 0.15) is 18.3 Å². The SMILES string of the molecule is CCn1c(Cn2ccnc2C)nnc1C1CCN(C(=O)COC(C)C)CC1. The topological polar surface area (TPSA) is 78.1 Å². The fraction of sp³-hybridized carbons (Fsp3) is 0.684. The number of likely N-dealkylation sites (tertiary alicyclic amines) is 1. The maximum Gasteiger partial charge on any atom is 0.248 e. The van der Waals surface area contributed by atoms with Crippen LogP contribution in [0.3, 0.4) is 0 Å². The van der Waals surface area contributed by atoms with Gasteiger partial charge in [0.2, 0.25) is 5.91 Å². The highest BCUT2D eigenvalue weighted by Gasteiger charge is 2.28. The summed E-state index contributed by atoms with van der Waals surface area (Å²) in [6, 6.07) is 0. The van der Waals surface area contributed by atoms with Crippen molar-refractivity contribution < 1.29 is 9.53 Å². The molecule has 0 atom stereocenters. The Morgan fingerprint density at radius 2 is 2.04 bits per heavy atom. The Balaban J connectivity index is 1.63. The third kappa shape index (κ3) is 4.55. The molecule has 0 aromatic carbocycles. The number of carbonyl (C=O) groups is 1. The number of rotatable bonds is 7. The largest absolute Gasteiger partial charge is 0.369 e. The van der Waals surface area contributed by atoms with Gasteiger partial charge >= 0.3 is 0 Å². The molecule has 148 valence electrons. The molecule has 0 saturated carbocycles. The standard InChI is InChI=1S/C19H30N6O2/c1-5-25-17(12-24-11-8-20-15(24)4)21-22-19(25)16-6-9-23(10-7-16)18(26)13-27-14(2)3/h8,11,14,16H,5-7,9-10,12-13H2,1-4H3. The van der Waals surface area contributed by atoms with Crippen LogP contribution in [0.15, 0.2) is 12.4 Å². The van der Waals surface area contributed by atoms with E-state index in [1.807, 2.05) is 31.9 Å². The van der Waals surface area contributed by atoms with Gasteiger partial charge in [-0.25, -0.2) is 4.98 Å². The Morgan fingerprint density at radius 1 is 1.30 bits per heavy atom. The molecule has 3 rings (SSSR count). The number of piperidine rings is 1. The van der Waals surface area contributed by atoms with Gasteiger partial charge in [0, 0.05) is 37.9 Å². The van der Waals surface area contributed by atoms with E-state index in [1.165, 1.54) is 0 Å². The monoisotopic (exact) mass is 374 g/mol. The van der Waals surface area contributed by atoms with Crippen LogP contribution in [-0.2, 0) is 22.6 Å². The summed E-state index contributed by atoms with van der Waals surface area (Å²) in [5, 5.41) is 8.95. The highest BCUT2D eigenvalue weighted by molar-refractivity contribution is 5.77. The maximum absolute atomic E-state index is 12.2. The molecule has 1 aliphatic heterocycles. The summed E-state index contributed by atoms with van der Waals surface area (Å²) in [5.41, 5.74) is 0. The lowest BCUT2D eigenvalue weighted by atomic mass is 9.96. The molecule has 0 unspecified atom stereocenters. The zero-order valence-electron chi connectivity index (χ0n) is 16.8. The molecule has 1 fully saturated rings. The third-order valence-electron chi connectivity index (χ3n) is 5.16. The fourth-order valence-corrected chi connectivity index (χ4v) is 3.55. The molecule has 1 amide bonds. The zero-order chi connectivity index (χ0) is 19.4. The molecule has 0 bridgehead atoms. The number of ether oxygens (including phenoxy) is 1. The molecule has 0 radical (unpaired) electrons. The number of aromatic nitrogens is 5. The van der Waals surface area contributed by atoms with E-state index in [0.717, 1.165) is 49.9 Å². The predicted molar refractivity (Wildman–Crippen MR) is 101 cm³/mol. The number of nitrogens with zero attached hydrogens (tertiary/aromatic N) is 6. The van der Waals surface area contributed by atoms with Gasteiger partial charge in [-0.1, -0.05) is 0 Å². The normalized spacial score (nSPS) is 15.7. The number of hydrogen-bond donors (Lipinski definition) is 0. The molecule has 0 N–H and O–H groups in total. The third-order valence-corrected chi connectivity index (χ3v) is 5.16. The van der Waals surface area contributed by atoms with Gasteiger partial charge in [-0.2, -0.15) is 0 Å². The van der Waals surface area contributed by atoms with Crippen LogP contribution < -0.4 is 0 Å². The van der Waals surface area contributed by atoms with Gasteiger partial charge in [0.15, 0.2) is 5.82 Å². The van der Waals surface area contributed by atoms with Crippen molar-refractivity contribution in [1.29, 1.82) is 0 Å². The molecule has 1 saturated heterocycles. The summed E-state index contributed by atoms with van der Waals surface area (Å²) in [6.07, 6.45) is 5.67. The Hall–Kier alpha value is -2.22. The minimum Gasteiger partial charge on any atom is -0.369 e. The van der Waals surface area contributed by atoms with Gasteiger partial charge in [-0.05, 0) is 40.5 Å². The first kappa shape index (κ1) is 19.5. The van der Waals surface area contributed by atoms with E-state index in [4.69, 9.17) is 4.74 Å². The Morgan fingerprint density at radius 3 is 2.63 bits per heavy atom. The molecule has 2 aromatic heterocycles. The quantitative estimate of drug-likeness (QED) is 0.740. The molecular formula is C19H30N6O2. The van der Waals surface area contributed by atoms with Crippen LogP contribution in [0.25, 0.3) is 0 Å². The van der Waals surface area contributed by atoms with Crippen LogP contribution in [0.5, 0.6) is 0 Å². The van der Waals surface area contributed by atoms with Crippen molar-refractivity contribution in [3.05, 3.63) is 29.9 Å². The van der Waals surface area contributed by atoms with Crippen LogP contribution in [0.1, 0.15) is 57.0 Å². The van der Waals surface area contributed by atoms with Crippen molar-refractivity contribution in [2.75, 3.05) is 19.7 Å². The highest BCUT2D eigenvalue weighted by atomic mass is 16.5. The summed E-state index contributed by atoms with van der Waals surface area (Å²) in [6.45, 7) is 11.2. The van der Waals surface area contributed by atoms with Crippen molar-refractivity contribution in [3.8, 4) is 0 Å². The van der Waals surface area contributed by atoms with Crippen LogP contribution >= 0.6 is 0 Å². The molecule has 1 aliphatic rings. The van der Waals surface area contributed by atoms with E-state index in [1.54, 1.807) is 6.20 Å². The van der Waals surface area contributed by atoms with Crippen molar-refractivity contribution in [3.63, 3.8) is 0 Å². The van der Waals surface area contributed by atoms with E-state index >= 15 is 0 Å². The van der Waals surface area contributed by atoms with Crippen LogP contribution in [0.4, 0.5) is 0 Å². The number of carbonyl (C=O) groups excluding carboxylic acids is 1. The minimum absolute atomic E-state index is 0.0761. The van der Waals surface area contributed by atoms with E-state index in [9.17, 15) is 4.79 Å². The molecular weight excluding hydrogens is 344 g/mol. The van der Waals surface area contributed by atoms with Crippen molar-refractivity contribution in [1.82, 2.24) is 29.2 Å². The van der Waals surface area contributed by atoms with Gasteiger partial charge in [0.05, 0.1) is 12.6 Å². The molecule has 0 spiro atoms. The van der Waals surface area contributed by atoms with Crippen LogP contribution in [-0.4, -0.2) is 60.9 Å². The van der Waals surface area contributed by atoms with Gasteiger partial charge < -0.3 is 18.8 Å². The van der Waals surface area contributed by atoms with E-state index in [0.29, 0.717) is 12.5 Å². The van der Waals surface area contributed by atoms with Crippen molar-refractivity contribution in [2.45, 2.75) is 65.6 Å². The second-order valence-corrected chi connectivity index (χ2v) is 7.34. The molecule has 3 heterocycles. The van der Waals surface area contributed by atoms with Gasteiger partial charge in [0.25, 0.3) is 0 Å². The van der Waals surface area contributed by atoms with Crippen LogP contribution in [0, 0.1) is 6.92 Å². The lowest BCUT2D eigenvalue weighted by molar-refractivity contribution is -0.138. The first-order valence-corrected chi connectivity index (χ1v) is 9.78. The summed E-state index contributed by atoms with van der Waals surface area (Å²) in [7, 11) is 0. The van der Waals surface area contributed by atoms with Crippen LogP contribution in [0.2, 0.25) is 0 Å². The molecule has 8 nitrogen and oxygen atoms in total. The molecule has 27 heavy (non-hydrogen) atoms. The van der Waals surface area contributed by atoms with Crippen molar-refractivity contribution >= 4 is 5.91 Å². The highest BCUT2D eigenvalue weighted by Crippen LogP contribution is 2.27. The Labute approximate surface area is 160 Å². The second kappa shape index (κ2) is 8.65.